The van der Waals surface area contributed by atoms with Gasteiger partial charge in [-0.2, -0.15) is 20.5 Å². The molecule has 342 valence electrons. The number of amides is 4. The topological polar surface area (TPSA) is 200 Å². The van der Waals surface area contributed by atoms with Crippen molar-refractivity contribution < 1.29 is 28.8 Å². The summed E-state index contributed by atoms with van der Waals surface area (Å²) in [7, 11) is 0. The molecule has 5 aromatic carbocycles. The molecule has 0 heterocycles. The molecule has 0 aliphatic carbocycles. The van der Waals surface area contributed by atoms with Gasteiger partial charge in [-0.3, -0.25) is 28.8 Å². The summed E-state index contributed by atoms with van der Waals surface area (Å²) in [5.74, 6) is -4.15. The van der Waals surface area contributed by atoms with Crippen LogP contribution in [0.1, 0.15) is 59.5 Å². The molecule has 0 aliphatic rings. The molecule has 4 amide bonds. The fraction of sp³-hybridized carbons (Fsp3) is 0.182. The second kappa shape index (κ2) is 23.0. The van der Waals surface area contributed by atoms with Crippen molar-refractivity contribution >= 4 is 162 Å². The summed E-state index contributed by atoms with van der Waals surface area (Å²) >= 11 is 49.0. The highest BCUT2D eigenvalue weighted by Gasteiger charge is 2.27. The first-order valence-electron chi connectivity index (χ1n) is 19.3. The van der Waals surface area contributed by atoms with Crippen molar-refractivity contribution in [3.63, 3.8) is 0 Å². The molecule has 0 aromatic heterocycles. The maximum atomic E-state index is 13.6. The van der Waals surface area contributed by atoms with E-state index in [1.54, 1.807) is 12.1 Å². The summed E-state index contributed by atoms with van der Waals surface area (Å²) in [4.78, 5) is 78.9. The smallest absolute Gasteiger partial charge is 0.258 e. The molecule has 0 aliphatic heterocycles. The van der Waals surface area contributed by atoms with E-state index in [-0.39, 0.29) is 74.1 Å². The number of Topliss-reactive ketones (excluding diaryl/α,β-unsaturated/α-hetero) is 2. The Morgan fingerprint density at radius 2 is 0.803 bits per heavy atom. The normalized spacial score (nSPS) is 12.2. The molecule has 66 heavy (non-hydrogen) atoms. The second-order valence-electron chi connectivity index (χ2n) is 14.1. The van der Waals surface area contributed by atoms with Crippen LogP contribution < -0.4 is 21.3 Å². The first-order valence-corrected chi connectivity index (χ1v) is 22.3. The van der Waals surface area contributed by atoms with Crippen molar-refractivity contribution in [1.82, 2.24) is 0 Å². The average molecular weight is 1050 g/mol. The average Bonchev–Trinajstić information content (AvgIpc) is 3.25. The number of nitrogens with zero attached hydrogens (tertiary/aromatic N) is 4. The summed E-state index contributed by atoms with van der Waals surface area (Å²) in [5.41, 5.74) is 2.48. The molecular formula is C44H34Cl8N8O6. The molecule has 22 heteroatoms. The number of carbonyl (C=O) groups is 6. The summed E-state index contributed by atoms with van der Waals surface area (Å²) in [5, 5.41) is 27.7. The van der Waals surface area contributed by atoms with E-state index >= 15 is 0 Å². The van der Waals surface area contributed by atoms with Crippen molar-refractivity contribution in [1.29, 1.82) is 0 Å². The Morgan fingerprint density at radius 3 is 1.11 bits per heavy atom. The van der Waals surface area contributed by atoms with Gasteiger partial charge in [-0.15, -0.1) is 0 Å². The molecule has 2 unspecified atom stereocenters. The fourth-order valence-corrected chi connectivity index (χ4v) is 7.55. The maximum absolute atomic E-state index is 13.6. The Kier molecular flexibility index (Phi) is 18.1. The lowest BCUT2D eigenvalue weighted by molar-refractivity contribution is -0.127. The lowest BCUT2D eigenvalue weighted by atomic mass is 10.0. The van der Waals surface area contributed by atoms with Crippen LogP contribution in [0.5, 0.6) is 0 Å². The standard InChI is InChI=1S/C44H34Cl8N8O6/c1-5-21-11-36(56-44(66)40(20(4)62)60-58-24-8-10-30(46)28(14-24)42(64)54-26-17-33(49)38(52)34(50)18-26)22(6-2)12-35(21)55-43(65)39(19(3)61)59-57-23-7-9-29(45)27(13-23)41(63)53-25-15-31(47)37(51)32(48)16-25/h7-18,39-40H,5-6H2,1-4H3,(H,53,63)(H,54,64)(H,55,65)(H,56,66). The van der Waals surface area contributed by atoms with E-state index in [1.807, 2.05) is 13.8 Å². The van der Waals surface area contributed by atoms with Crippen molar-refractivity contribution in [2.45, 2.75) is 52.6 Å². The monoisotopic (exact) mass is 1050 g/mol. The molecule has 2 atom stereocenters. The van der Waals surface area contributed by atoms with Gasteiger partial charge in [0.05, 0.1) is 62.7 Å². The van der Waals surface area contributed by atoms with Crippen molar-refractivity contribution in [3.05, 3.63) is 135 Å². The lowest BCUT2D eigenvalue weighted by Crippen LogP contribution is -2.33. The molecule has 5 aromatic rings. The van der Waals surface area contributed by atoms with Crippen LogP contribution in [0, 0.1) is 0 Å². The van der Waals surface area contributed by atoms with Crippen LogP contribution in [0.4, 0.5) is 34.1 Å². The van der Waals surface area contributed by atoms with Gasteiger partial charge in [0.25, 0.3) is 23.6 Å². The third-order valence-corrected chi connectivity index (χ3v) is 12.4. The Bertz CT molecular complexity index is 2620. The Balaban J connectivity index is 1.30. The molecule has 14 nitrogen and oxygen atoms in total. The molecule has 0 radical (unpaired) electrons. The zero-order valence-corrected chi connectivity index (χ0v) is 40.8. The van der Waals surface area contributed by atoms with Crippen LogP contribution >= 0.6 is 92.8 Å². The number of azo groups is 2. The third-order valence-electron chi connectivity index (χ3n) is 9.32. The fourth-order valence-electron chi connectivity index (χ4n) is 5.95. The highest BCUT2D eigenvalue weighted by atomic mass is 35.5. The van der Waals surface area contributed by atoms with Gasteiger partial charge in [-0.25, -0.2) is 0 Å². The van der Waals surface area contributed by atoms with Crippen LogP contribution in [0.3, 0.4) is 0 Å². The summed E-state index contributed by atoms with van der Waals surface area (Å²) in [6.45, 7) is 5.96. The zero-order valence-electron chi connectivity index (χ0n) is 34.8. The van der Waals surface area contributed by atoms with Crippen LogP contribution in [0.2, 0.25) is 40.2 Å². The number of nitrogens with one attached hydrogen (secondary N) is 4. The van der Waals surface area contributed by atoms with E-state index in [0.717, 1.165) is 0 Å². The van der Waals surface area contributed by atoms with Gasteiger partial charge in [-0.1, -0.05) is 107 Å². The number of hydrogen-bond acceptors (Lipinski definition) is 10. The molecule has 0 spiro atoms. The zero-order chi connectivity index (χ0) is 48.6. The molecule has 0 saturated carbocycles. The quantitative estimate of drug-likeness (QED) is 0.0430. The summed E-state index contributed by atoms with van der Waals surface area (Å²) in [6.07, 6.45) is 0.721. The minimum atomic E-state index is -1.60. The van der Waals surface area contributed by atoms with Crippen LogP contribution in [0.15, 0.2) is 93.3 Å². The summed E-state index contributed by atoms with van der Waals surface area (Å²) < 4.78 is 0. The van der Waals surface area contributed by atoms with Gasteiger partial charge in [0.15, 0.2) is 11.6 Å². The van der Waals surface area contributed by atoms with E-state index in [1.165, 1.54) is 74.5 Å². The molecule has 4 N–H and O–H groups in total. The SMILES string of the molecule is CCc1cc(NC(=O)C(N=Nc2ccc(Cl)c(C(=O)Nc3cc(Cl)c(Cl)c(Cl)c3)c2)C(C)=O)c(CC)cc1NC(=O)C(N=Nc1ccc(Cl)c(C(=O)Nc2cc(Cl)c(Cl)c(Cl)c2)c1)C(C)=O. The Morgan fingerprint density at radius 1 is 0.470 bits per heavy atom. The maximum Gasteiger partial charge on any atom is 0.258 e. The first kappa shape index (κ1) is 51.8. The highest BCUT2D eigenvalue weighted by molar-refractivity contribution is 6.49. The van der Waals surface area contributed by atoms with Crippen molar-refractivity contribution in [3.8, 4) is 0 Å². The van der Waals surface area contributed by atoms with Gasteiger partial charge in [0.1, 0.15) is 0 Å². The van der Waals surface area contributed by atoms with E-state index in [4.69, 9.17) is 92.8 Å². The number of ketones is 2. The third kappa shape index (κ3) is 13.0. The number of hydrogen-bond donors (Lipinski definition) is 4. The van der Waals surface area contributed by atoms with Gasteiger partial charge in [0.2, 0.25) is 12.1 Å². The van der Waals surface area contributed by atoms with E-state index in [2.05, 4.69) is 41.7 Å². The molecule has 5 rings (SSSR count). The number of halogens is 8. The number of benzene rings is 5. The molecule has 0 bridgehead atoms. The predicted octanol–water partition coefficient (Wildman–Crippen LogP) is 13.9. The molecule has 0 fully saturated rings. The largest absolute Gasteiger partial charge is 0.323 e. The van der Waals surface area contributed by atoms with Crippen LogP contribution in [-0.4, -0.2) is 47.3 Å². The Hall–Kier alpha value is -5.16. The van der Waals surface area contributed by atoms with Crippen LogP contribution in [-0.2, 0) is 32.0 Å². The van der Waals surface area contributed by atoms with Gasteiger partial charge < -0.3 is 21.3 Å². The molecule has 0 saturated heterocycles. The highest BCUT2D eigenvalue weighted by Crippen LogP contribution is 2.36. The van der Waals surface area contributed by atoms with E-state index in [9.17, 15) is 28.8 Å². The Labute approximate surface area is 417 Å². The van der Waals surface area contributed by atoms with E-state index < -0.39 is 47.3 Å². The lowest BCUT2D eigenvalue weighted by Gasteiger charge is -2.18. The van der Waals surface area contributed by atoms with Crippen molar-refractivity contribution in [2.24, 2.45) is 20.5 Å². The van der Waals surface area contributed by atoms with Gasteiger partial charge in [0, 0.05) is 22.7 Å². The predicted molar refractivity (Wildman–Crippen MR) is 262 cm³/mol. The summed E-state index contributed by atoms with van der Waals surface area (Å²) in [6, 6.07) is 14.0. The molecular weight excluding hydrogens is 1020 g/mol. The second-order valence-corrected chi connectivity index (χ2v) is 17.3. The van der Waals surface area contributed by atoms with Gasteiger partial charge in [-0.05, 0) is 111 Å². The minimum absolute atomic E-state index is 0.00490. The van der Waals surface area contributed by atoms with Crippen LogP contribution in [0.25, 0.3) is 0 Å². The van der Waals surface area contributed by atoms with Gasteiger partial charge >= 0.3 is 0 Å². The number of aryl methyl sites for hydroxylation is 2. The first-order chi connectivity index (χ1) is 31.2. The van der Waals surface area contributed by atoms with E-state index in [0.29, 0.717) is 35.3 Å². The number of anilines is 4. The number of carbonyl (C=O) groups excluding carboxylic acids is 6. The van der Waals surface area contributed by atoms with Crippen molar-refractivity contribution in [2.75, 3.05) is 21.3 Å². The minimum Gasteiger partial charge on any atom is -0.323 e. The number of rotatable bonds is 16.